The molecule has 0 N–H and O–H groups in total. The monoisotopic (exact) mass is 652 g/mol. The molecule has 2 amide bonds. The number of likely N-dealkylation sites (tertiary alicyclic amines) is 1. The zero-order valence-electron chi connectivity index (χ0n) is 28.3. The molecule has 3 aliphatic heterocycles. The maximum atomic E-state index is 13.7. The molecule has 3 fully saturated rings. The van der Waals surface area contributed by atoms with Gasteiger partial charge in [-0.25, -0.2) is 14.6 Å². The van der Waals surface area contributed by atoms with Crippen LogP contribution < -0.4 is 4.74 Å². The molecule has 0 aliphatic carbocycles. The number of ether oxygens (including phenoxy) is 3. The molecule has 1 atom stereocenters. The molecule has 4 heterocycles. The highest BCUT2D eigenvalue weighted by atomic mass is 32.2. The maximum Gasteiger partial charge on any atom is 0.344 e. The van der Waals surface area contributed by atoms with Crippen LogP contribution in [0.15, 0.2) is 46.3 Å². The first kappa shape index (κ1) is 34.5. The van der Waals surface area contributed by atoms with Gasteiger partial charge in [0.1, 0.15) is 16.4 Å². The van der Waals surface area contributed by atoms with Crippen LogP contribution in [0, 0.1) is 6.92 Å². The molecule has 1 aromatic heterocycles. The normalized spacial score (nSPS) is 20.4. The average molecular weight is 653 g/mol. The van der Waals surface area contributed by atoms with Crippen LogP contribution in [0.5, 0.6) is 5.75 Å². The minimum atomic E-state index is -0.529. The second kappa shape index (κ2) is 15.8. The predicted molar refractivity (Wildman–Crippen MR) is 180 cm³/mol. The van der Waals surface area contributed by atoms with Gasteiger partial charge in [0.05, 0.1) is 6.04 Å². The van der Waals surface area contributed by atoms with Crippen molar-refractivity contribution >= 4 is 23.8 Å². The third-order valence-electron chi connectivity index (χ3n) is 9.13. The summed E-state index contributed by atoms with van der Waals surface area (Å²) in [6.45, 7) is 15.0. The molecule has 3 aliphatic rings. The SMILES string of the molecule is CCCCC1CN(C2CCOCC2)C(=O)N1C1CCN(Cc2ccc(Sc3ccc(OCC(=O)OC(C)(C)C)cc3)nc2C)CC1. The predicted octanol–water partition coefficient (Wildman–Crippen LogP) is 6.70. The van der Waals surface area contributed by atoms with Crippen LogP contribution in [-0.4, -0.2) is 94.9 Å². The van der Waals surface area contributed by atoms with E-state index in [4.69, 9.17) is 19.2 Å². The number of carbonyl (C=O) groups is 2. The number of aryl methyl sites for hydroxylation is 1. The van der Waals surface area contributed by atoms with E-state index in [1.54, 1.807) is 11.8 Å². The smallest absolute Gasteiger partial charge is 0.344 e. The van der Waals surface area contributed by atoms with Crippen molar-refractivity contribution in [1.29, 1.82) is 0 Å². The third-order valence-corrected chi connectivity index (χ3v) is 10.1. The molecule has 46 heavy (non-hydrogen) atoms. The van der Waals surface area contributed by atoms with Gasteiger partial charge in [-0.3, -0.25) is 4.90 Å². The Balaban J connectivity index is 1.11. The van der Waals surface area contributed by atoms with E-state index in [-0.39, 0.29) is 18.6 Å². The number of urea groups is 1. The maximum absolute atomic E-state index is 13.7. The third kappa shape index (κ3) is 9.38. The molecule has 0 spiro atoms. The van der Waals surface area contributed by atoms with Gasteiger partial charge < -0.3 is 24.0 Å². The first-order valence-corrected chi connectivity index (χ1v) is 17.9. The van der Waals surface area contributed by atoms with E-state index in [2.05, 4.69) is 40.7 Å². The first-order valence-electron chi connectivity index (χ1n) is 17.1. The summed E-state index contributed by atoms with van der Waals surface area (Å²) in [5.41, 5.74) is 1.77. The summed E-state index contributed by atoms with van der Waals surface area (Å²) in [6, 6.07) is 13.2. The Labute approximate surface area is 279 Å². The summed E-state index contributed by atoms with van der Waals surface area (Å²) in [4.78, 5) is 38.6. The van der Waals surface area contributed by atoms with E-state index in [0.29, 0.717) is 23.9 Å². The van der Waals surface area contributed by atoms with Crippen molar-refractivity contribution in [2.75, 3.05) is 39.5 Å². The summed E-state index contributed by atoms with van der Waals surface area (Å²) >= 11 is 1.61. The Hall–Kier alpha value is -2.82. The van der Waals surface area contributed by atoms with Crippen molar-refractivity contribution in [2.45, 2.75) is 120 Å². The standard InChI is InChI=1S/C36H52N4O5S/c1-6-7-8-30-24-39(28-17-21-43-22-18-28)35(42)40(30)29-15-19-38(20-16-29)23-27-9-14-33(37-26(27)2)46-32-12-10-31(11-13-32)44-25-34(41)45-36(3,4)5/h9-14,28-30H,6-8,15-25H2,1-5H3. The van der Waals surface area contributed by atoms with Crippen molar-refractivity contribution in [3.63, 3.8) is 0 Å². The van der Waals surface area contributed by atoms with E-state index in [9.17, 15) is 9.59 Å². The van der Waals surface area contributed by atoms with Crippen molar-refractivity contribution < 1.29 is 23.8 Å². The molecule has 0 bridgehead atoms. The molecule has 9 nitrogen and oxygen atoms in total. The van der Waals surface area contributed by atoms with Crippen LogP contribution in [0.25, 0.3) is 0 Å². The lowest BCUT2D eigenvalue weighted by Gasteiger charge is -2.39. The number of amides is 2. The lowest BCUT2D eigenvalue weighted by atomic mass is 9.99. The molecule has 3 saturated heterocycles. The van der Waals surface area contributed by atoms with Gasteiger partial charge in [0.25, 0.3) is 0 Å². The van der Waals surface area contributed by atoms with Crippen LogP contribution in [0.3, 0.4) is 0 Å². The zero-order chi connectivity index (χ0) is 32.7. The van der Waals surface area contributed by atoms with Crippen molar-refractivity contribution in [3.05, 3.63) is 47.7 Å². The highest BCUT2D eigenvalue weighted by Gasteiger charge is 2.44. The van der Waals surface area contributed by atoms with E-state index in [1.807, 2.05) is 45.0 Å². The fourth-order valence-electron chi connectivity index (χ4n) is 6.75. The van der Waals surface area contributed by atoms with Gasteiger partial charge >= 0.3 is 12.0 Å². The van der Waals surface area contributed by atoms with E-state index in [1.165, 1.54) is 12.0 Å². The quantitative estimate of drug-likeness (QED) is 0.234. The molecule has 10 heteroatoms. The van der Waals surface area contributed by atoms with Gasteiger partial charge in [-0.1, -0.05) is 37.6 Å². The number of pyridine rings is 1. The fraction of sp³-hybridized carbons (Fsp3) is 0.639. The lowest BCUT2D eigenvalue weighted by Crippen LogP contribution is -2.50. The second-order valence-corrected chi connectivity index (χ2v) is 14.9. The number of unbranched alkanes of at least 4 members (excludes halogenated alkanes) is 1. The number of esters is 1. The van der Waals surface area contributed by atoms with Crippen LogP contribution in [0.1, 0.15) is 83.9 Å². The summed E-state index contributed by atoms with van der Waals surface area (Å²) < 4.78 is 16.5. The zero-order valence-corrected chi connectivity index (χ0v) is 29.2. The van der Waals surface area contributed by atoms with Crippen molar-refractivity contribution in [1.82, 2.24) is 19.7 Å². The minimum Gasteiger partial charge on any atom is -0.482 e. The Kier molecular flexibility index (Phi) is 11.9. The summed E-state index contributed by atoms with van der Waals surface area (Å²) in [5, 5.41) is 0.946. The molecule has 0 saturated carbocycles. The molecule has 0 radical (unpaired) electrons. The number of hydrogen-bond donors (Lipinski definition) is 0. The number of aromatic nitrogens is 1. The summed E-state index contributed by atoms with van der Waals surface area (Å²) in [7, 11) is 0. The van der Waals surface area contributed by atoms with Crippen LogP contribution in [0.2, 0.25) is 0 Å². The van der Waals surface area contributed by atoms with Gasteiger partial charge in [0.15, 0.2) is 6.61 Å². The Bertz CT molecular complexity index is 1300. The first-order chi connectivity index (χ1) is 22.1. The number of hydrogen-bond acceptors (Lipinski definition) is 8. The van der Waals surface area contributed by atoms with Gasteiger partial charge in [0, 0.05) is 62.1 Å². The molecular formula is C36H52N4O5S. The topological polar surface area (TPSA) is 84.4 Å². The molecular weight excluding hydrogens is 600 g/mol. The molecule has 1 aromatic carbocycles. The number of rotatable bonds is 12. The van der Waals surface area contributed by atoms with Crippen LogP contribution >= 0.6 is 11.8 Å². The summed E-state index contributed by atoms with van der Waals surface area (Å²) in [5.74, 6) is 0.242. The van der Waals surface area contributed by atoms with Crippen molar-refractivity contribution in [2.24, 2.45) is 0 Å². The number of piperidine rings is 1. The molecule has 2 aromatic rings. The van der Waals surface area contributed by atoms with E-state index >= 15 is 0 Å². The number of benzene rings is 1. The highest BCUT2D eigenvalue weighted by Crippen LogP contribution is 2.32. The molecule has 5 rings (SSSR count). The Morgan fingerprint density at radius 2 is 1.74 bits per heavy atom. The lowest BCUT2D eigenvalue weighted by molar-refractivity contribution is -0.157. The highest BCUT2D eigenvalue weighted by molar-refractivity contribution is 7.99. The van der Waals surface area contributed by atoms with Gasteiger partial charge in [-0.2, -0.15) is 0 Å². The average Bonchev–Trinajstić information content (AvgIpc) is 3.36. The van der Waals surface area contributed by atoms with Crippen LogP contribution in [0.4, 0.5) is 4.79 Å². The Morgan fingerprint density at radius 3 is 2.39 bits per heavy atom. The Morgan fingerprint density at radius 1 is 1.02 bits per heavy atom. The fourth-order valence-corrected chi connectivity index (χ4v) is 7.58. The van der Waals surface area contributed by atoms with E-state index < -0.39 is 5.60 Å². The molecule has 252 valence electrons. The van der Waals surface area contributed by atoms with Crippen LogP contribution in [-0.2, 0) is 20.8 Å². The van der Waals surface area contributed by atoms with Gasteiger partial charge in [-0.15, -0.1) is 0 Å². The largest absolute Gasteiger partial charge is 0.482 e. The van der Waals surface area contributed by atoms with Crippen molar-refractivity contribution in [3.8, 4) is 5.75 Å². The van der Waals surface area contributed by atoms with Gasteiger partial charge in [-0.05, 0) is 95.7 Å². The molecule has 1 unspecified atom stereocenters. The van der Waals surface area contributed by atoms with Gasteiger partial charge in [0.2, 0.25) is 0 Å². The van der Waals surface area contributed by atoms with E-state index in [0.717, 1.165) is 93.5 Å². The number of carbonyl (C=O) groups excluding carboxylic acids is 2. The second-order valence-electron chi connectivity index (χ2n) is 13.8. The minimum absolute atomic E-state index is 0.116. The number of nitrogens with zero attached hydrogens (tertiary/aromatic N) is 4. The summed E-state index contributed by atoms with van der Waals surface area (Å²) in [6.07, 6.45) is 7.40.